The predicted molar refractivity (Wildman–Crippen MR) is 136 cm³/mol. The number of anilines is 2. The van der Waals surface area contributed by atoms with Crippen molar-refractivity contribution in [1.82, 2.24) is 19.9 Å². The molecule has 0 bridgehead atoms. The van der Waals surface area contributed by atoms with Crippen molar-refractivity contribution in [3.63, 3.8) is 0 Å². The molecule has 3 heterocycles. The maximum absolute atomic E-state index is 12.9. The van der Waals surface area contributed by atoms with Crippen LogP contribution in [-0.4, -0.2) is 54.0 Å². The fraction of sp³-hybridized carbons (Fsp3) is 0.360. The Kier molecular flexibility index (Phi) is 7.18. The molecule has 0 spiro atoms. The van der Waals surface area contributed by atoms with Crippen LogP contribution in [0.3, 0.4) is 0 Å². The molecule has 0 unspecified atom stereocenters. The zero-order valence-electron chi connectivity index (χ0n) is 20.1. The van der Waals surface area contributed by atoms with Gasteiger partial charge < -0.3 is 26.0 Å². The van der Waals surface area contributed by atoms with Crippen molar-refractivity contribution in [3.05, 3.63) is 59.5 Å². The van der Waals surface area contributed by atoms with E-state index in [4.69, 9.17) is 0 Å². The van der Waals surface area contributed by atoms with Crippen molar-refractivity contribution >= 4 is 33.3 Å². The molecule has 5 rings (SSSR count). The SMILES string of the molecule is Cc1nc(N[C@H](O)c2ccc(C(F)(F)F)cc2)nc(N[C@@H]2CC[C@H](CO)[C@H]2O)c1-c1nc2cnccc2s1. The van der Waals surface area contributed by atoms with E-state index in [1.807, 2.05) is 6.07 Å². The molecular formula is C25H25F3N6O3S. The Morgan fingerprint density at radius 3 is 2.53 bits per heavy atom. The second-order valence-corrected chi connectivity index (χ2v) is 10.2. The first-order chi connectivity index (χ1) is 18.1. The standard InChI is InChI=1S/C25H25F3N6O3S/c1-12-19(23-32-17-10-29-9-8-18(17)38-23)21(31-16-7-4-14(11-35)20(16)36)33-24(30-12)34-22(37)13-2-5-15(6-3-13)25(26,27)28/h2-3,5-6,8-10,14,16,20,22,35-37H,4,7,11H2,1H3,(H2,30,31,33,34)/t14-,16-,20-,22-/m1/s1. The first-order valence-electron chi connectivity index (χ1n) is 11.9. The molecule has 9 nitrogen and oxygen atoms in total. The van der Waals surface area contributed by atoms with Gasteiger partial charge in [-0.25, -0.2) is 9.97 Å². The second kappa shape index (κ2) is 10.4. The van der Waals surface area contributed by atoms with Gasteiger partial charge in [-0.15, -0.1) is 11.3 Å². The van der Waals surface area contributed by atoms with Crippen LogP contribution in [0.2, 0.25) is 0 Å². The van der Waals surface area contributed by atoms with Gasteiger partial charge in [-0.1, -0.05) is 12.1 Å². The van der Waals surface area contributed by atoms with E-state index in [2.05, 4.69) is 30.6 Å². The number of aromatic nitrogens is 4. The van der Waals surface area contributed by atoms with Crippen LogP contribution in [0.25, 0.3) is 20.8 Å². The Morgan fingerprint density at radius 2 is 1.87 bits per heavy atom. The Morgan fingerprint density at radius 1 is 1.11 bits per heavy atom. The lowest BCUT2D eigenvalue weighted by Crippen LogP contribution is -2.33. The molecule has 13 heteroatoms. The van der Waals surface area contributed by atoms with Gasteiger partial charge in [0.15, 0.2) is 6.23 Å². The minimum Gasteiger partial charge on any atom is -0.396 e. The van der Waals surface area contributed by atoms with E-state index in [-0.39, 0.29) is 30.1 Å². The van der Waals surface area contributed by atoms with Crippen LogP contribution in [-0.2, 0) is 6.18 Å². The van der Waals surface area contributed by atoms with E-state index < -0.39 is 24.1 Å². The highest BCUT2D eigenvalue weighted by Crippen LogP contribution is 2.38. The van der Waals surface area contributed by atoms with E-state index in [1.165, 1.54) is 23.5 Å². The van der Waals surface area contributed by atoms with Crippen LogP contribution in [0.4, 0.5) is 24.9 Å². The fourth-order valence-electron chi connectivity index (χ4n) is 4.54. The molecule has 0 saturated heterocycles. The number of aliphatic hydroxyl groups excluding tert-OH is 3. The molecule has 4 atom stereocenters. The Balaban J connectivity index is 1.48. The van der Waals surface area contributed by atoms with Gasteiger partial charge in [0, 0.05) is 24.3 Å². The third-order valence-electron chi connectivity index (χ3n) is 6.61. The number of hydrogen-bond donors (Lipinski definition) is 5. The van der Waals surface area contributed by atoms with Crippen molar-refractivity contribution in [3.8, 4) is 10.6 Å². The molecule has 1 aliphatic carbocycles. The first-order valence-corrected chi connectivity index (χ1v) is 12.7. The molecule has 0 aliphatic heterocycles. The Bertz CT molecular complexity index is 1400. The zero-order chi connectivity index (χ0) is 27.0. The number of alkyl halides is 3. The van der Waals surface area contributed by atoms with Gasteiger partial charge in [-0.3, -0.25) is 4.98 Å². The molecule has 1 aliphatic rings. The third-order valence-corrected chi connectivity index (χ3v) is 7.67. The van der Waals surface area contributed by atoms with E-state index >= 15 is 0 Å². The number of nitrogens with zero attached hydrogens (tertiary/aromatic N) is 4. The average molecular weight is 547 g/mol. The van der Waals surface area contributed by atoms with E-state index in [0.717, 1.165) is 16.8 Å². The van der Waals surface area contributed by atoms with Gasteiger partial charge >= 0.3 is 6.18 Å². The van der Waals surface area contributed by atoms with Crippen molar-refractivity contribution in [1.29, 1.82) is 0 Å². The number of rotatable bonds is 7. The Hall–Kier alpha value is -3.39. The summed E-state index contributed by atoms with van der Waals surface area (Å²) in [5.74, 6) is 0.149. The number of pyridine rings is 1. The minimum atomic E-state index is -4.48. The van der Waals surface area contributed by atoms with Crippen LogP contribution in [0.15, 0.2) is 42.7 Å². The number of aryl methyl sites for hydroxylation is 1. The summed E-state index contributed by atoms with van der Waals surface area (Å²) in [5.41, 5.74) is 1.23. The smallest absolute Gasteiger partial charge is 0.396 e. The summed E-state index contributed by atoms with van der Waals surface area (Å²) in [5, 5.41) is 37.5. The second-order valence-electron chi connectivity index (χ2n) is 9.15. The van der Waals surface area contributed by atoms with E-state index in [9.17, 15) is 28.5 Å². The van der Waals surface area contributed by atoms with Gasteiger partial charge in [-0.05, 0) is 38.0 Å². The predicted octanol–water partition coefficient (Wildman–Crippen LogP) is 4.12. The number of halogens is 3. The van der Waals surface area contributed by atoms with E-state index in [0.29, 0.717) is 40.4 Å². The van der Waals surface area contributed by atoms with Crippen molar-refractivity contribution < 1.29 is 28.5 Å². The van der Waals surface area contributed by atoms with Crippen LogP contribution in [0.5, 0.6) is 0 Å². The van der Waals surface area contributed by atoms with Gasteiger partial charge in [-0.2, -0.15) is 18.2 Å². The summed E-state index contributed by atoms with van der Waals surface area (Å²) >= 11 is 1.43. The van der Waals surface area contributed by atoms with E-state index in [1.54, 1.807) is 19.3 Å². The van der Waals surface area contributed by atoms with Gasteiger partial charge in [0.2, 0.25) is 5.95 Å². The molecule has 0 amide bonds. The summed E-state index contributed by atoms with van der Waals surface area (Å²) < 4.78 is 39.6. The molecule has 3 aromatic heterocycles. The molecule has 38 heavy (non-hydrogen) atoms. The Labute approximate surface area is 219 Å². The average Bonchev–Trinajstić information content (AvgIpc) is 3.46. The van der Waals surface area contributed by atoms with Crippen LogP contribution >= 0.6 is 11.3 Å². The largest absolute Gasteiger partial charge is 0.416 e. The number of aliphatic hydroxyl groups is 3. The maximum atomic E-state index is 12.9. The monoisotopic (exact) mass is 546 g/mol. The normalized spacial score (nSPS) is 20.6. The number of fused-ring (bicyclic) bond motifs is 1. The molecule has 5 N–H and O–H groups in total. The third kappa shape index (κ3) is 5.27. The van der Waals surface area contributed by atoms with Crippen molar-refractivity contribution in [2.75, 3.05) is 17.2 Å². The highest BCUT2D eigenvalue weighted by Gasteiger charge is 2.35. The molecule has 0 radical (unpaired) electrons. The topological polar surface area (TPSA) is 136 Å². The van der Waals surface area contributed by atoms with Gasteiger partial charge in [0.05, 0.1) is 39.9 Å². The highest BCUT2D eigenvalue weighted by atomic mass is 32.1. The molecule has 1 fully saturated rings. The van der Waals surface area contributed by atoms with Crippen molar-refractivity contribution in [2.24, 2.45) is 5.92 Å². The van der Waals surface area contributed by atoms with Gasteiger partial charge in [0.1, 0.15) is 16.3 Å². The molecular weight excluding hydrogens is 521 g/mol. The summed E-state index contributed by atoms with van der Waals surface area (Å²) in [6.07, 6.45) is -2.08. The van der Waals surface area contributed by atoms with Crippen molar-refractivity contribution in [2.45, 2.75) is 44.3 Å². The number of nitrogens with one attached hydrogen (secondary N) is 2. The molecule has 4 aromatic rings. The summed E-state index contributed by atoms with van der Waals surface area (Å²) in [4.78, 5) is 17.8. The molecule has 1 saturated carbocycles. The molecule has 200 valence electrons. The minimum absolute atomic E-state index is 0.0371. The van der Waals surface area contributed by atoms with Gasteiger partial charge in [0.25, 0.3) is 0 Å². The fourth-order valence-corrected chi connectivity index (χ4v) is 5.57. The molecule has 1 aromatic carbocycles. The quantitative estimate of drug-likeness (QED) is 0.217. The lowest BCUT2D eigenvalue weighted by molar-refractivity contribution is -0.137. The number of thiazole rings is 1. The summed E-state index contributed by atoms with van der Waals surface area (Å²) in [7, 11) is 0. The number of benzene rings is 1. The van der Waals surface area contributed by atoms with Crippen LogP contribution < -0.4 is 10.6 Å². The van der Waals surface area contributed by atoms with Crippen LogP contribution in [0.1, 0.15) is 35.9 Å². The lowest BCUT2D eigenvalue weighted by atomic mass is 10.1. The summed E-state index contributed by atoms with van der Waals surface area (Å²) in [6, 6.07) is 5.61. The highest BCUT2D eigenvalue weighted by molar-refractivity contribution is 7.21. The van der Waals surface area contributed by atoms with Crippen LogP contribution in [0, 0.1) is 12.8 Å². The summed E-state index contributed by atoms with van der Waals surface area (Å²) in [6.45, 7) is 1.62. The zero-order valence-corrected chi connectivity index (χ0v) is 21.0. The number of hydrogen-bond acceptors (Lipinski definition) is 10. The maximum Gasteiger partial charge on any atom is 0.416 e. The first kappa shape index (κ1) is 26.2. The lowest BCUT2D eigenvalue weighted by Gasteiger charge is -2.23.